The Bertz CT molecular complexity index is 1680. The summed E-state index contributed by atoms with van der Waals surface area (Å²) in [4.78, 5) is 44.6. The van der Waals surface area contributed by atoms with Crippen LogP contribution in [0.5, 0.6) is 5.75 Å². The van der Waals surface area contributed by atoms with Crippen molar-refractivity contribution in [2.24, 2.45) is 12.8 Å². The number of carbonyl (C=O) groups excluding carboxylic acids is 2. The van der Waals surface area contributed by atoms with E-state index in [9.17, 15) is 19.5 Å². The molecule has 1 aliphatic rings. The van der Waals surface area contributed by atoms with Gasteiger partial charge in [0.1, 0.15) is 18.1 Å². The molecule has 4 aromatic rings. The van der Waals surface area contributed by atoms with Crippen LogP contribution in [0.2, 0.25) is 10.0 Å². The van der Waals surface area contributed by atoms with Crippen molar-refractivity contribution in [1.82, 2.24) is 14.1 Å². The first-order valence-corrected chi connectivity index (χ1v) is 12.7. The number of primary amides is 1. The zero-order valence-corrected chi connectivity index (χ0v) is 22.3. The van der Waals surface area contributed by atoms with Gasteiger partial charge in [0.15, 0.2) is 0 Å². The molecular weight excluding hydrogens is 547 g/mol. The lowest BCUT2D eigenvalue weighted by Gasteiger charge is -2.28. The van der Waals surface area contributed by atoms with Crippen LogP contribution in [-0.2, 0) is 23.1 Å². The van der Waals surface area contributed by atoms with E-state index in [0.29, 0.717) is 59.8 Å². The molecule has 0 bridgehead atoms. The minimum Gasteiger partial charge on any atom is -0.506 e. The molecule has 1 fully saturated rings. The van der Waals surface area contributed by atoms with Crippen molar-refractivity contribution in [3.63, 3.8) is 0 Å². The predicted molar refractivity (Wildman–Crippen MR) is 149 cm³/mol. The number of hydrogen-bond donors (Lipinski definition) is 3. The molecule has 11 nitrogen and oxygen atoms in total. The van der Waals surface area contributed by atoms with Crippen molar-refractivity contribution in [3.05, 3.63) is 68.8 Å². The molecule has 0 saturated carbocycles. The van der Waals surface area contributed by atoms with Crippen LogP contribution in [0.25, 0.3) is 22.0 Å². The number of anilines is 2. The smallest absolute Gasteiger partial charge is 0.260 e. The topological polar surface area (TPSA) is 145 Å². The molecule has 2 amide bonds. The Balaban J connectivity index is 1.51. The lowest BCUT2D eigenvalue weighted by atomic mass is 10.0. The highest BCUT2D eigenvalue weighted by Gasteiger charge is 2.21. The van der Waals surface area contributed by atoms with Gasteiger partial charge in [0.2, 0.25) is 5.91 Å². The third kappa shape index (κ3) is 5.16. The van der Waals surface area contributed by atoms with Gasteiger partial charge in [-0.15, -0.1) is 0 Å². The van der Waals surface area contributed by atoms with Crippen molar-refractivity contribution in [2.75, 3.05) is 36.5 Å². The van der Waals surface area contributed by atoms with Crippen molar-refractivity contribution in [2.45, 2.75) is 6.54 Å². The molecule has 0 unspecified atom stereocenters. The number of nitrogens with two attached hydrogens (primary N) is 1. The van der Waals surface area contributed by atoms with Gasteiger partial charge in [-0.2, -0.15) is 0 Å². The molecule has 0 atom stereocenters. The minimum absolute atomic E-state index is 0.101. The van der Waals surface area contributed by atoms with Crippen molar-refractivity contribution < 1.29 is 19.4 Å². The zero-order valence-electron chi connectivity index (χ0n) is 20.8. The lowest BCUT2D eigenvalue weighted by Crippen LogP contribution is -2.36. The molecule has 5 rings (SSSR count). The fraction of sp³-hybridized carbons (Fsp3) is 0.231. The molecule has 1 saturated heterocycles. The fourth-order valence-electron chi connectivity index (χ4n) is 4.53. The average Bonchev–Trinajstić information content (AvgIpc) is 3.28. The highest BCUT2D eigenvalue weighted by molar-refractivity contribution is 6.34. The number of aryl methyl sites for hydroxylation is 1. The van der Waals surface area contributed by atoms with Crippen LogP contribution >= 0.6 is 23.2 Å². The highest BCUT2D eigenvalue weighted by Crippen LogP contribution is 2.36. The molecule has 0 spiro atoms. The van der Waals surface area contributed by atoms with Crippen LogP contribution in [0, 0.1) is 0 Å². The third-order valence-electron chi connectivity index (χ3n) is 6.51. The number of halogens is 2. The van der Waals surface area contributed by atoms with E-state index >= 15 is 0 Å². The maximum atomic E-state index is 13.2. The summed E-state index contributed by atoms with van der Waals surface area (Å²) in [5.41, 5.74) is 6.59. The summed E-state index contributed by atoms with van der Waals surface area (Å²) in [7, 11) is 1.60. The van der Waals surface area contributed by atoms with Gasteiger partial charge in [0.05, 0.1) is 51.6 Å². The number of hydrogen-bond acceptors (Lipinski definition) is 7. The number of aromatic hydroxyl groups is 1. The molecule has 3 aromatic heterocycles. The second-order valence-corrected chi connectivity index (χ2v) is 9.87. The molecule has 39 heavy (non-hydrogen) atoms. The van der Waals surface area contributed by atoms with E-state index in [1.807, 2.05) is 4.90 Å². The van der Waals surface area contributed by atoms with Crippen molar-refractivity contribution in [3.8, 4) is 16.9 Å². The van der Waals surface area contributed by atoms with Gasteiger partial charge < -0.3 is 34.9 Å². The first-order valence-electron chi connectivity index (χ1n) is 11.9. The van der Waals surface area contributed by atoms with Gasteiger partial charge >= 0.3 is 0 Å². The van der Waals surface area contributed by atoms with E-state index in [0.717, 1.165) is 0 Å². The maximum absolute atomic E-state index is 13.2. The first kappa shape index (κ1) is 26.5. The van der Waals surface area contributed by atoms with E-state index < -0.39 is 11.7 Å². The molecule has 13 heteroatoms. The zero-order chi connectivity index (χ0) is 27.8. The number of aromatic nitrogens is 3. The summed E-state index contributed by atoms with van der Waals surface area (Å²) in [6, 6.07) is 6.21. The number of fused-ring (bicyclic) bond motifs is 1. The summed E-state index contributed by atoms with van der Waals surface area (Å²) in [5.74, 6) is -1.04. The monoisotopic (exact) mass is 570 g/mol. The van der Waals surface area contributed by atoms with Gasteiger partial charge in [-0.1, -0.05) is 23.2 Å². The number of benzene rings is 1. The number of nitrogens with zero attached hydrogens (tertiary/aromatic N) is 4. The largest absolute Gasteiger partial charge is 0.506 e. The molecule has 4 N–H and O–H groups in total. The molecule has 0 aliphatic carbocycles. The van der Waals surface area contributed by atoms with E-state index in [1.165, 1.54) is 22.9 Å². The number of rotatable bonds is 6. The second-order valence-electron chi connectivity index (χ2n) is 9.05. The molecule has 202 valence electrons. The number of phenols is 1. The second kappa shape index (κ2) is 10.6. The van der Waals surface area contributed by atoms with Crippen LogP contribution in [0.15, 0.2) is 47.7 Å². The average molecular weight is 571 g/mol. The summed E-state index contributed by atoms with van der Waals surface area (Å²) >= 11 is 12.5. The van der Waals surface area contributed by atoms with Crippen LogP contribution in [0.4, 0.5) is 11.5 Å². The summed E-state index contributed by atoms with van der Waals surface area (Å²) in [5, 5.41) is 13.5. The Morgan fingerprint density at radius 2 is 1.92 bits per heavy atom. The predicted octanol–water partition coefficient (Wildman–Crippen LogP) is 2.99. The van der Waals surface area contributed by atoms with E-state index in [2.05, 4.69) is 10.3 Å². The molecule has 0 radical (unpaired) electrons. The van der Waals surface area contributed by atoms with E-state index in [-0.39, 0.29) is 33.6 Å². The fourth-order valence-corrected chi connectivity index (χ4v) is 4.90. The lowest BCUT2D eigenvalue weighted by molar-refractivity contribution is -0.116. The Labute approximate surface area is 232 Å². The number of nitrogens with one attached hydrogen (secondary N) is 1. The summed E-state index contributed by atoms with van der Waals surface area (Å²) < 4.78 is 8.40. The van der Waals surface area contributed by atoms with E-state index in [4.69, 9.17) is 33.7 Å². The van der Waals surface area contributed by atoms with Crippen LogP contribution in [0.1, 0.15) is 10.4 Å². The highest BCUT2D eigenvalue weighted by atomic mass is 35.5. The Morgan fingerprint density at radius 3 is 2.64 bits per heavy atom. The summed E-state index contributed by atoms with van der Waals surface area (Å²) in [6.45, 7) is 2.37. The van der Waals surface area contributed by atoms with Crippen LogP contribution in [0.3, 0.4) is 0 Å². The number of carbonyl (C=O) groups is 2. The quantitative estimate of drug-likeness (QED) is 0.323. The number of amides is 2. The number of ether oxygens (including phenoxy) is 1. The van der Waals surface area contributed by atoms with Gasteiger partial charge in [0, 0.05) is 44.2 Å². The van der Waals surface area contributed by atoms with Crippen LogP contribution in [-0.4, -0.2) is 57.3 Å². The number of pyridine rings is 2. The van der Waals surface area contributed by atoms with E-state index in [1.54, 1.807) is 36.1 Å². The van der Waals surface area contributed by atoms with Gasteiger partial charge in [0.25, 0.3) is 11.5 Å². The van der Waals surface area contributed by atoms with Crippen molar-refractivity contribution in [1.29, 1.82) is 0 Å². The first-order chi connectivity index (χ1) is 18.6. The minimum atomic E-state index is -0.877. The van der Waals surface area contributed by atoms with Crippen molar-refractivity contribution >= 4 is 57.4 Å². The standard InChI is InChI=1S/C26H24Cl2N6O5/c1-32-3-2-20-23(26(32)38)16(14-8-15(25(29)37)24(36)17(27)9-14)12-34(20)13-22(35)31-19-10-21(30-11-18(19)28)33-4-6-39-7-5-33/h2-3,8-12,36H,4-7,13H2,1H3,(H2,29,37)(H,30,31,35). The van der Waals surface area contributed by atoms with Gasteiger partial charge in [-0.3, -0.25) is 14.4 Å². The summed E-state index contributed by atoms with van der Waals surface area (Å²) in [6.07, 6.45) is 4.70. The Hall–Kier alpha value is -4.06. The normalized spacial score (nSPS) is 13.6. The molecule has 1 aromatic carbocycles. The molecule has 1 aliphatic heterocycles. The van der Waals surface area contributed by atoms with Crippen LogP contribution < -0.4 is 21.5 Å². The van der Waals surface area contributed by atoms with Gasteiger partial charge in [-0.05, 0) is 23.8 Å². The van der Waals surface area contributed by atoms with Gasteiger partial charge in [-0.25, -0.2) is 4.98 Å². The maximum Gasteiger partial charge on any atom is 0.260 e. The molecule has 4 heterocycles. The Kier molecular flexibility index (Phi) is 7.21. The molecular formula is C26H24Cl2N6O5. The third-order valence-corrected chi connectivity index (χ3v) is 7.10. The Morgan fingerprint density at radius 1 is 1.18 bits per heavy atom. The SMILES string of the molecule is Cn1ccc2c(c(-c3cc(Cl)c(O)c(C(N)=O)c3)cn2CC(=O)Nc2cc(N3CCOCC3)ncc2Cl)c1=O. The number of morpholine rings is 1.